The molecule has 102 valence electrons. The van der Waals surface area contributed by atoms with Crippen LogP contribution in [-0.2, 0) is 18.0 Å². The largest absolute Gasteiger partial charge is 0.481 e. The molecular weight excluding hydrogens is 270 g/mol. The molecule has 0 bridgehead atoms. The lowest BCUT2D eigenvalue weighted by atomic mass is 10.2. The lowest BCUT2D eigenvalue weighted by Crippen LogP contribution is -1.96. The average Bonchev–Trinajstić information content (AvgIpc) is 2.10. The maximum absolute atomic E-state index is 11.0. The average molecular weight is 288 g/mol. The van der Waals surface area contributed by atoms with Gasteiger partial charge in [0.2, 0.25) is 0 Å². The molecule has 0 radical (unpaired) electrons. The van der Waals surface area contributed by atoms with E-state index in [1.54, 1.807) is 0 Å². The Bertz CT molecular complexity index is 346. The van der Waals surface area contributed by atoms with Crippen LogP contribution in [0.3, 0.4) is 0 Å². The molecule has 0 fully saturated rings. The van der Waals surface area contributed by atoms with E-state index in [1.165, 1.54) is 0 Å². The lowest BCUT2D eigenvalue weighted by molar-refractivity contribution is 0.180. The minimum Gasteiger partial charge on any atom is -0.302 e. The zero-order valence-corrected chi connectivity index (χ0v) is 11.6. The molecule has 1 unspecified atom stereocenters. The maximum atomic E-state index is 11.0. The molecule has 0 aromatic heterocycles. The van der Waals surface area contributed by atoms with Gasteiger partial charge in [-0.1, -0.05) is 25.0 Å². The van der Waals surface area contributed by atoms with Gasteiger partial charge < -0.3 is 14.7 Å². The van der Waals surface area contributed by atoms with Gasteiger partial charge in [0, 0.05) is 0 Å². The van der Waals surface area contributed by atoms with Gasteiger partial charge in [-0.25, -0.2) is 9.13 Å². The molecule has 0 saturated heterocycles. The van der Waals surface area contributed by atoms with E-state index >= 15 is 0 Å². The van der Waals surface area contributed by atoms with Crippen molar-refractivity contribution in [2.45, 2.75) is 33.1 Å². The molecular formula is C8H18O7P2. The molecule has 0 aliphatic heterocycles. The zero-order chi connectivity index (χ0) is 13.5. The molecule has 3 N–H and O–H groups in total. The summed E-state index contributed by atoms with van der Waals surface area (Å²) in [5.41, 5.74) is 0.975. The molecule has 0 aromatic rings. The van der Waals surface area contributed by atoms with Crippen LogP contribution in [0.1, 0.15) is 33.1 Å². The van der Waals surface area contributed by atoms with Crippen molar-refractivity contribution >= 4 is 15.6 Å². The molecule has 0 aliphatic carbocycles. The number of unbranched alkanes of at least 4 members (excludes halogenated alkanes) is 1. The standard InChI is InChI=1S/C8H18O7P2/c1-3-4-5-8(2)6-7-14-17(12,13)15-16(9,10)11/h5H,3-4,6-7H2,1-2H3,(H,12,13)(H2,9,10,11)/b8-5-. The minimum atomic E-state index is -5.02. The van der Waals surface area contributed by atoms with Gasteiger partial charge in [-0.3, -0.25) is 4.52 Å². The first-order chi connectivity index (χ1) is 7.66. The summed E-state index contributed by atoms with van der Waals surface area (Å²) in [5.74, 6) is 0. The Morgan fingerprint density at radius 2 is 1.88 bits per heavy atom. The van der Waals surface area contributed by atoms with Crippen LogP contribution in [-0.4, -0.2) is 21.3 Å². The Kier molecular flexibility index (Phi) is 7.44. The van der Waals surface area contributed by atoms with Crippen molar-refractivity contribution in [3.05, 3.63) is 11.6 Å². The van der Waals surface area contributed by atoms with Crippen LogP contribution in [0.15, 0.2) is 11.6 Å². The second-order valence-corrected chi connectivity index (χ2v) is 6.29. The van der Waals surface area contributed by atoms with Gasteiger partial charge in [0.15, 0.2) is 0 Å². The van der Waals surface area contributed by atoms with Crippen molar-refractivity contribution in [1.29, 1.82) is 0 Å². The van der Waals surface area contributed by atoms with Gasteiger partial charge >= 0.3 is 15.6 Å². The molecule has 7 nitrogen and oxygen atoms in total. The molecule has 0 rings (SSSR count). The van der Waals surface area contributed by atoms with Crippen molar-refractivity contribution in [1.82, 2.24) is 0 Å². The van der Waals surface area contributed by atoms with E-state index in [1.807, 2.05) is 19.9 Å². The van der Waals surface area contributed by atoms with Gasteiger partial charge in [0.25, 0.3) is 0 Å². The normalized spacial score (nSPS) is 16.9. The van der Waals surface area contributed by atoms with Crippen LogP contribution < -0.4 is 0 Å². The van der Waals surface area contributed by atoms with Crippen molar-refractivity contribution in [2.24, 2.45) is 0 Å². The van der Waals surface area contributed by atoms with Crippen molar-refractivity contribution < 1.29 is 32.6 Å². The Morgan fingerprint density at radius 3 is 2.35 bits per heavy atom. The number of allylic oxidation sites excluding steroid dienone is 1. The van der Waals surface area contributed by atoms with Crippen LogP contribution >= 0.6 is 15.6 Å². The van der Waals surface area contributed by atoms with E-state index in [0.717, 1.165) is 18.4 Å². The van der Waals surface area contributed by atoms with Crippen LogP contribution in [0.2, 0.25) is 0 Å². The van der Waals surface area contributed by atoms with Crippen molar-refractivity contribution in [3.8, 4) is 0 Å². The second kappa shape index (κ2) is 7.44. The van der Waals surface area contributed by atoms with Crippen LogP contribution in [0.5, 0.6) is 0 Å². The summed E-state index contributed by atoms with van der Waals surface area (Å²) in [4.78, 5) is 25.6. The van der Waals surface area contributed by atoms with Crippen molar-refractivity contribution in [2.75, 3.05) is 6.61 Å². The monoisotopic (exact) mass is 288 g/mol. The molecule has 9 heteroatoms. The summed E-state index contributed by atoms with van der Waals surface area (Å²) in [6.07, 6.45) is 4.27. The molecule has 0 spiro atoms. The summed E-state index contributed by atoms with van der Waals surface area (Å²) in [5, 5.41) is 0. The lowest BCUT2D eigenvalue weighted by Gasteiger charge is -2.12. The number of phosphoric acid groups is 2. The highest BCUT2D eigenvalue weighted by molar-refractivity contribution is 7.60. The summed E-state index contributed by atoms with van der Waals surface area (Å²) in [6.45, 7) is 3.72. The molecule has 0 aromatic carbocycles. The van der Waals surface area contributed by atoms with Crippen LogP contribution in [0, 0.1) is 0 Å². The smallest absolute Gasteiger partial charge is 0.302 e. The Hall–Kier alpha value is -0.0000000000000000416. The molecule has 0 saturated carbocycles. The Balaban J connectivity index is 4.04. The predicted molar refractivity (Wildman–Crippen MR) is 62.2 cm³/mol. The van der Waals surface area contributed by atoms with E-state index in [9.17, 15) is 9.13 Å². The van der Waals surface area contributed by atoms with E-state index in [4.69, 9.17) is 14.7 Å². The van der Waals surface area contributed by atoms with Gasteiger partial charge in [0.05, 0.1) is 6.61 Å². The predicted octanol–water partition coefficient (Wildman–Crippen LogP) is 2.35. The SMILES string of the molecule is CCC/C=C(/C)CCOP(=O)(O)OP(=O)(O)O. The maximum Gasteiger partial charge on any atom is 0.481 e. The first-order valence-corrected chi connectivity index (χ1v) is 8.08. The third-order valence-corrected chi connectivity index (χ3v) is 3.93. The van der Waals surface area contributed by atoms with Gasteiger partial charge in [0.1, 0.15) is 0 Å². The molecule has 0 amide bonds. The van der Waals surface area contributed by atoms with Crippen LogP contribution in [0.25, 0.3) is 0 Å². The highest BCUT2D eigenvalue weighted by atomic mass is 31.3. The first-order valence-electron chi connectivity index (χ1n) is 5.06. The number of hydrogen-bond donors (Lipinski definition) is 3. The fraction of sp³-hybridized carbons (Fsp3) is 0.750. The van der Waals surface area contributed by atoms with Crippen molar-refractivity contribution in [3.63, 3.8) is 0 Å². The van der Waals surface area contributed by atoms with E-state index < -0.39 is 15.6 Å². The number of hydrogen-bond acceptors (Lipinski definition) is 4. The van der Waals surface area contributed by atoms with Gasteiger partial charge in [-0.2, -0.15) is 4.31 Å². The summed E-state index contributed by atoms with van der Waals surface area (Å²) >= 11 is 0. The fourth-order valence-electron chi connectivity index (χ4n) is 0.973. The molecule has 0 heterocycles. The van der Waals surface area contributed by atoms with E-state index in [0.29, 0.717) is 6.42 Å². The number of phosphoric ester groups is 1. The second-order valence-electron chi connectivity index (χ2n) is 3.46. The number of rotatable bonds is 8. The molecule has 0 aliphatic rings. The fourth-order valence-corrected chi connectivity index (χ4v) is 2.56. The van der Waals surface area contributed by atoms with E-state index in [-0.39, 0.29) is 6.61 Å². The Labute approximate surface area is 100 Å². The summed E-state index contributed by atoms with van der Waals surface area (Å²) in [7, 11) is -9.71. The molecule has 17 heavy (non-hydrogen) atoms. The highest BCUT2D eigenvalue weighted by Crippen LogP contribution is 2.57. The quantitative estimate of drug-likeness (QED) is 0.464. The topological polar surface area (TPSA) is 113 Å². The minimum absolute atomic E-state index is 0.139. The van der Waals surface area contributed by atoms with E-state index in [2.05, 4.69) is 8.83 Å². The first kappa shape index (κ1) is 17.0. The zero-order valence-electron chi connectivity index (χ0n) is 9.77. The summed E-state index contributed by atoms with van der Waals surface area (Å²) < 4.78 is 29.4. The third kappa shape index (κ3) is 10.9. The molecule has 1 atom stereocenters. The third-order valence-electron chi connectivity index (χ3n) is 1.74. The highest BCUT2D eigenvalue weighted by Gasteiger charge is 2.31. The van der Waals surface area contributed by atoms with Gasteiger partial charge in [-0.15, -0.1) is 0 Å². The Morgan fingerprint density at radius 1 is 1.29 bits per heavy atom. The van der Waals surface area contributed by atoms with Gasteiger partial charge in [-0.05, 0) is 19.8 Å². The summed E-state index contributed by atoms with van der Waals surface area (Å²) in [6, 6.07) is 0. The van der Waals surface area contributed by atoms with Crippen LogP contribution in [0.4, 0.5) is 0 Å².